The molecule has 0 unspecified atom stereocenters. The number of rotatable bonds is 7. The molecule has 6 nitrogen and oxygen atoms in total. The van der Waals surface area contributed by atoms with E-state index in [0.29, 0.717) is 19.5 Å². The van der Waals surface area contributed by atoms with Gasteiger partial charge in [0.1, 0.15) is 0 Å². The first-order valence-corrected chi connectivity index (χ1v) is 7.13. The minimum absolute atomic E-state index is 0.128. The highest BCUT2D eigenvalue weighted by atomic mass is 32.2. The van der Waals surface area contributed by atoms with Gasteiger partial charge in [0.25, 0.3) is 0 Å². The summed E-state index contributed by atoms with van der Waals surface area (Å²) in [6.07, 6.45) is 2.42. The molecule has 1 N–H and O–H groups in total. The Morgan fingerprint density at radius 3 is 2.81 bits per heavy atom. The molecule has 0 spiro atoms. The van der Waals surface area contributed by atoms with Crippen molar-refractivity contribution >= 4 is 9.84 Å². The summed E-state index contributed by atoms with van der Waals surface area (Å²) < 4.78 is 24.5. The maximum atomic E-state index is 11.5. The van der Waals surface area contributed by atoms with E-state index < -0.39 is 9.84 Å². The number of sulfone groups is 1. The SMILES string of the molecule is CCCS(=O)(=O)CCn1cc(CNC)nn1. The standard InChI is InChI=1S/C9H18N4O2S/c1-3-5-16(14,15)6-4-13-8-9(7-10-2)11-12-13/h8,10H,3-7H2,1-2H3. The average molecular weight is 246 g/mol. The fourth-order valence-electron chi connectivity index (χ4n) is 1.36. The summed E-state index contributed by atoms with van der Waals surface area (Å²) in [6.45, 7) is 2.87. The highest BCUT2D eigenvalue weighted by Crippen LogP contribution is 1.97. The molecular formula is C9H18N4O2S. The topological polar surface area (TPSA) is 76.9 Å². The summed E-state index contributed by atoms with van der Waals surface area (Å²) in [4.78, 5) is 0. The normalized spacial score (nSPS) is 11.9. The Morgan fingerprint density at radius 2 is 2.19 bits per heavy atom. The first kappa shape index (κ1) is 13.1. The monoisotopic (exact) mass is 246 g/mol. The molecular weight excluding hydrogens is 228 g/mol. The van der Waals surface area contributed by atoms with Crippen molar-refractivity contribution in [3.8, 4) is 0 Å². The van der Waals surface area contributed by atoms with Gasteiger partial charge in [-0.25, -0.2) is 8.42 Å². The van der Waals surface area contributed by atoms with E-state index >= 15 is 0 Å². The van der Waals surface area contributed by atoms with Gasteiger partial charge < -0.3 is 5.32 Å². The summed E-state index contributed by atoms with van der Waals surface area (Å²) in [5, 5.41) is 10.7. The van der Waals surface area contributed by atoms with Crippen LogP contribution >= 0.6 is 0 Å². The summed E-state index contributed by atoms with van der Waals surface area (Å²) in [6, 6.07) is 0. The van der Waals surface area contributed by atoms with Gasteiger partial charge in [-0.3, -0.25) is 4.68 Å². The minimum atomic E-state index is -2.94. The van der Waals surface area contributed by atoms with Crippen molar-refractivity contribution in [2.24, 2.45) is 0 Å². The number of hydrogen-bond donors (Lipinski definition) is 1. The van der Waals surface area contributed by atoms with E-state index in [1.165, 1.54) is 0 Å². The molecule has 0 radical (unpaired) electrons. The summed E-state index contributed by atoms with van der Waals surface area (Å²) in [5.74, 6) is 0.369. The molecule has 1 aromatic rings. The van der Waals surface area contributed by atoms with Gasteiger partial charge in [-0.1, -0.05) is 12.1 Å². The van der Waals surface area contributed by atoms with E-state index in [-0.39, 0.29) is 11.5 Å². The predicted molar refractivity (Wildman–Crippen MR) is 61.7 cm³/mol. The fraction of sp³-hybridized carbons (Fsp3) is 0.778. The third-order valence-electron chi connectivity index (χ3n) is 2.09. The summed E-state index contributed by atoms with van der Waals surface area (Å²) in [7, 11) is -1.11. The number of aromatic nitrogens is 3. The second-order valence-corrected chi connectivity index (χ2v) is 5.96. The van der Waals surface area contributed by atoms with Crippen LogP contribution in [-0.4, -0.2) is 42.0 Å². The molecule has 1 rings (SSSR count). The van der Waals surface area contributed by atoms with Crippen molar-refractivity contribution < 1.29 is 8.42 Å². The molecule has 92 valence electrons. The Hall–Kier alpha value is -0.950. The molecule has 0 saturated carbocycles. The molecule has 0 bridgehead atoms. The zero-order valence-electron chi connectivity index (χ0n) is 9.68. The lowest BCUT2D eigenvalue weighted by molar-refractivity contribution is 0.574. The van der Waals surface area contributed by atoms with Crippen molar-refractivity contribution in [2.75, 3.05) is 18.6 Å². The largest absolute Gasteiger partial charge is 0.314 e. The Labute approximate surface area is 96.0 Å². The second-order valence-electron chi connectivity index (χ2n) is 3.66. The van der Waals surface area contributed by atoms with Gasteiger partial charge in [0.05, 0.1) is 18.0 Å². The van der Waals surface area contributed by atoms with Crippen molar-refractivity contribution in [3.05, 3.63) is 11.9 Å². The Balaban J connectivity index is 2.48. The third kappa shape index (κ3) is 4.28. The van der Waals surface area contributed by atoms with Gasteiger partial charge in [-0.15, -0.1) is 5.10 Å². The van der Waals surface area contributed by atoms with E-state index in [1.54, 1.807) is 10.9 Å². The van der Waals surface area contributed by atoms with Crippen molar-refractivity contribution in [1.82, 2.24) is 20.3 Å². The number of nitrogens with one attached hydrogen (secondary N) is 1. The molecule has 7 heteroatoms. The molecule has 1 aromatic heterocycles. The molecule has 0 fully saturated rings. The van der Waals surface area contributed by atoms with E-state index in [4.69, 9.17) is 0 Å². The van der Waals surface area contributed by atoms with E-state index in [1.807, 2.05) is 14.0 Å². The molecule has 1 heterocycles. The first-order valence-electron chi connectivity index (χ1n) is 5.31. The van der Waals surface area contributed by atoms with Crippen LogP contribution in [0, 0.1) is 0 Å². The molecule has 0 amide bonds. The fourth-order valence-corrected chi connectivity index (χ4v) is 2.65. The molecule has 0 saturated heterocycles. The van der Waals surface area contributed by atoms with E-state index in [9.17, 15) is 8.42 Å². The lowest BCUT2D eigenvalue weighted by Crippen LogP contribution is -2.16. The molecule has 0 aliphatic heterocycles. The van der Waals surface area contributed by atoms with Crippen LogP contribution < -0.4 is 5.32 Å². The number of hydrogen-bond acceptors (Lipinski definition) is 5. The second kappa shape index (κ2) is 5.95. The van der Waals surface area contributed by atoms with E-state index in [2.05, 4.69) is 15.6 Å². The number of nitrogens with zero attached hydrogens (tertiary/aromatic N) is 3. The Bertz CT molecular complexity index is 413. The van der Waals surface area contributed by atoms with Crippen LogP contribution in [0.25, 0.3) is 0 Å². The zero-order chi connectivity index (χ0) is 12.0. The summed E-state index contributed by atoms with van der Waals surface area (Å²) >= 11 is 0. The Kier molecular flexibility index (Phi) is 4.88. The lowest BCUT2D eigenvalue weighted by Gasteiger charge is -2.01. The van der Waals surface area contributed by atoms with Crippen LogP contribution in [0.4, 0.5) is 0 Å². The van der Waals surface area contributed by atoms with Gasteiger partial charge in [-0.05, 0) is 13.5 Å². The van der Waals surface area contributed by atoms with Crippen molar-refractivity contribution in [3.63, 3.8) is 0 Å². The molecule has 0 atom stereocenters. The molecule has 0 aliphatic rings. The maximum Gasteiger partial charge on any atom is 0.152 e. The van der Waals surface area contributed by atoms with Gasteiger partial charge in [-0.2, -0.15) is 0 Å². The van der Waals surface area contributed by atoms with Crippen molar-refractivity contribution in [1.29, 1.82) is 0 Å². The van der Waals surface area contributed by atoms with Crippen LogP contribution in [-0.2, 0) is 22.9 Å². The smallest absolute Gasteiger partial charge is 0.152 e. The van der Waals surface area contributed by atoms with Gasteiger partial charge >= 0.3 is 0 Å². The van der Waals surface area contributed by atoms with Crippen LogP contribution in [0.15, 0.2) is 6.20 Å². The molecule has 16 heavy (non-hydrogen) atoms. The minimum Gasteiger partial charge on any atom is -0.314 e. The van der Waals surface area contributed by atoms with Gasteiger partial charge in [0.2, 0.25) is 0 Å². The van der Waals surface area contributed by atoms with Gasteiger partial charge in [0.15, 0.2) is 9.84 Å². The third-order valence-corrected chi connectivity index (χ3v) is 3.93. The van der Waals surface area contributed by atoms with Crippen LogP contribution in [0.1, 0.15) is 19.0 Å². The number of aryl methyl sites for hydroxylation is 1. The Morgan fingerprint density at radius 1 is 1.44 bits per heavy atom. The lowest BCUT2D eigenvalue weighted by atomic mass is 10.5. The van der Waals surface area contributed by atoms with E-state index in [0.717, 1.165) is 5.69 Å². The van der Waals surface area contributed by atoms with Crippen LogP contribution in [0.5, 0.6) is 0 Å². The average Bonchev–Trinajstić information content (AvgIpc) is 2.64. The predicted octanol–water partition coefficient (Wildman–Crippen LogP) is -0.178. The van der Waals surface area contributed by atoms with Crippen LogP contribution in [0.3, 0.4) is 0 Å². The first-order chi connectivity index (χ1) is 7.57. The maximum absolute atomic E-state index is 11.5. The highest BCUT2D eigenvalue weighted by molar-refractivity contribution is 7.91. The quantitative estimate of drug-likeness (QED) is 0.722. The van der Waals surface area contributed by atoms with Gasteiger partial charge in [0, 0.05) is 18.5 Å². The highest BCUT2D eigenvalue weighted by Gasteiger charge is 2.10. The molecule has 0 aromatic carbocycles. The zero-order valence-corrected chi connectivity index (χ0v) is 10.5. The summed E-state index contributed by atoms with van der Waals surface area (Å²) in [5.41, 5.74) is 0.815. The van der Waals surface area contributed by atoms with Crippen LogP contribution in [0.2, 0.25) is 0 Å². The van der Waals surface area contributed by atoms with Crippen molar-refractivity contribution in [2.45, 2.75) is 26.4 Å². The molecule has 0 aliphatic carbocycles.